The van der Waals surface area contributed by atoms with Gasteiger partial charge < -0.3 is 10.2 Å². The highest BCUT2D eigenvalue weighted by Crippen LogP contribution is 1.96. The Bertz CT molecular complexity index is 296. The van der Waals surface area contributed by atoms with Crippen molar-refractivity contribution in [3.63, 3.8) is 0 Å². The van der Waals surface area contributed by atoms with E-state index in [2.05, 4.69) is 16.3 Å². The quantitative estimate of drug-likeness (QED) is 0.732. The monoisotopic (exact) mass is 205 g/mol. The second-order valence-electron chi connectivity index (χ2n) is 3.69. The van der Waals surface area contributed by atoms with E-state index in [0.717, 1.165) is 13.0 Å². The first-order valence-corrected chi connectivity index (χ1v) is 5.10. The van der Waals surface area contributed by atoms with Crippen molar-refractivity contribution in [2.45, 2.75) is 6.42 Å². The molecule has 1 amide bonds. The summed E-state index contributed by atoms with van der Waals surface area (Å²) in [5.41, 5.74) is 0.599. The molecule has 0 heterocycles. The highest BCUT2D eigenvalue weighted by molar-refractivity contribution is 5.93. The molecule has 0 aliphatic heterocycles. The third kappa shape index (κ3) is 4.61. The van der Waals surface area contributed by atoms with Crippen LogP contribution in [0.2, 0.25) is 0 Å². The lowest BCUT2D eigenvalue weighted by Gasteiger charge is -2.09. The largest absolute Gasteiger partial charge is 0.352 e. The van der Waals surface area contributed by atoms with Crippen LogP contribution in [0.4, 0.5) is 0 Å². The van der Waals surface area contributed by atoms with Crippen molar-refractivity contribution >= 4 is 5.91 Å². The van der Waals surface area contributed by atoms with E-state index in [4.69, 9.17) is 0 Å². The number of amides is 1. The zero-order chi connectivity index (χ0) is 11.1. The van der Waals surface area contributed by atoms with Gasteiger partial charge in [0, 0.05) is 12.1 Å². The fourth-order valence-corrected chi connectivity index (χ4v) is 1.23. The van der Waals surface area contributed by atoms with Crippen LogP contribution >= 0.6 is 0 Å². The van der Waals surface area contributed by atoms with Gasteiger partial charge in [-0.25, -0.2) is 0 Å². The number of hydrogen-bond donors (Lipinski definition) is 1. The minimum atomic E-state index is -0.0469. The van der Waals surface area contributed by atoms with Crippen LogP contribution in [0.1, 0.15) is 16.8 Å². The van der Waals surface area contributed by atoms with Crippen molar-refractivity contribution < 1.29 is 4.79 Å². The van der Waals surface area contributed by atoms with Gasteiger partial charge in [-0.15, -0.1) is 0 Å². The molecule has 1 radical (unpaired) electrons. The second-order valence-corrected chi connectivity index (χ2v) is 3.69. The number of benzene rings is 1. The molecule has 81 valence electrons. The van der Waals surface area contributed by atoms with Crippen LogP contribution in [0.3, 0.4) is 0 Å². The average molecular weight is 205 g/mol. The van der Waals surface area contributed by atoms with E-state index in [9.17, 15) is 4.79 Å². The lowest BCUT2D eigenvalue weighted by atomic mass is 10.2. The van der Waals surface area contributed by atoms with E-state index >= 15 is 0 Å². The summed E-state index contributed by atoms with van der Waals surface area (Å²) in [6.07, 6.45) is 0.964. The molecule has 0 spiro atoms. The van der Waals surface area contributed by atoms with E-state index < -0.39 is 0 Å². The zero-order valence-corrected chi connectivity index (χ0v) is 9.29. The fraction of sp³-hybridized carbons (Fsp3) is 0.417. The first kappa shape index (κ1) is 11.7. The first-order valence-electron chi connectivity index (χ1n) is 5.10. The van der Waals surface area contributed by atoms with Gasteiger partial charge in [0.25, 0.3) is 5.91 Å². The number of nitrogens with one attached hydrogen (secondary N) is 1. The van der Waals surface area contributed by atoms with E-state index in [1.807, 2.05) is 26.2 Å². The summed E-state index contributed by atoms with van der Waals surface area (Å²) < 4.78 is 0. The molecule has 1 rings (SSSR count). The molecule has 3 nitrogen and oxygen atoms in total. The summed E-state index contributed by atoms with van der Waals surface area (Å²) in [4.78, 5) is 13.6. The Labute approximate surface area is 91.1 Å². The maximum atomic E-state index is 11.5. The molecular formula is C12H17N2O. The van der Waals surface area contributed by atoms with Crippen LogP contribution in [0, 0.1) is 6.07 Å². The summed E-state index contributed by atoms with van der Waals surface area (Å²) >= 11 is 0. The molecule has 0 aliphatic carbocycles. The van der Waals surface area contributed by atoms with Crippen LogP contribution in [0.5, 0.6) is 0 Å². The Hall–Kier alpha value is -1.35. The number of rotatable bonds is 5. The van der Waals surface area contributed by atoms with Crippen LogP contribution in [0.15, 0.2) is 24.3 Å². The number of hydrogen-bond acceptors (Lipinski definition) is 2. The Morgan fingerprint density at radius 3 is 2.87 bits per heavy atom. The molecule has 1 aromatic carbocycles. The summed E-state index contributed by atoms with van der Waals surface area (Å²) in [5, 5.41) is 2.86. The lowest BCUT2D eigenvalue weighted by Crippen LogP contribution is -2.27. The summed E-state index contributed by atoms with van der Waals surface area (Å²) in [6, 6.07) is 10.1. The van der Waals surface area contributed by atoms with Gasteiger partial charge in [-0.2, -0.15) is 0 Å². The van der Waals surface area contributed by atoms with Crippen molar-refractivity contribution in [1.29, 1.82) is 0 Å². The lowest BCUT2D eigenvalue weighted by molar-refractivity contribution is 0.0952. The van der Waals surface area contributed by atoms with E-state index in [-0.39, 0.29) is 5.91 Å². The second kappa shape index (κ2) is 6.19. The maximum Gasteiger partial charge on any atom is 0.251 e. The normalized spacial score (nSPS) is 10.3. The molecule has 1 N–H and O–H groups in total. The SMILES string of the molecule is CN(C)CCCNC(=O)c1[c]cccc1. The van der Waals surface area contributed by atoms with Crippen molar-refractivity contribution in [2.75, 3.05) is 27.2 Å². The van der Waals surface area contributed by atoms with E-state index in [1.165, 1.54) is 0 Å². The van der Waals surface area contributed by atoms with E-state index in [0.29, 0.717) is 12.1 Å². The molecular weight excluding hydrogens is 188 g/mol. The van der Waals surface area contributed by atoms with Crippen LogP contribution in [-0.2, 0) is 0 Å². The van der Waals surface area contributed by atoms with Gasteiger partial charge in [-0.1, -0.05) is 18.2 Å². The number of carbonyl (C=O) groups is 1. The summed E-state index contributed by atoms with van der Waals surface area (Å²) in [5.74, 6) is -0.0469. The molecule has 0 bridgehead atoms. The molecule has 1 aromatic rings. The third-order valence-electron chi connectivity index (χ3n) is 2.02. The van der Waals surface area contributed by atoms with Crippen LogP contribution in [-0.4, -0.2) is 38.0 Å². The van der Waals surface area contributed by atoms with Gasteiger partial charge >= 0.3 is 0 Å². The minimum absolute atomic E-state index is 0.0469. The summed E-state index contributed by atoms with van der Waals surface area (Å²) in [7, 11) is 4.04. The topological polar surface area (TPSA) is 32.3 Å². The van der Waals surface area contributed by atoms with Crippen molar-refractivity contribution in [3.05, 3.63) is 35.9 Å². The Morgan fingerprint density at radius 1 is 1.47 bits per heavy atom. The number of nitrogens with zero attached hydrogens (tertiary/aromatic N) is 1. The smallest absolute Gasteiger partial charge is 0.251 e. The first-order chi connectivity index (χ1) is 7.20. The Balaban J connectivity index is 2.25. The van der Waals surface area contributed by atoms with E-state index in [1.54, 1.807) is 12.1 Å². The molecule has 3 heteroatoms. The molecule has 15 heavy (non-hydrogen) atoms. The van der Waals surface area contributed by atoms with Gasteiger partial charge in [-0.05, 0) is 39.2 Å². The average Bonchev–Trinajstić information content (AvgIpc) is 2.25. The fourth-order valence-electron chi connectivity index (χ4n) is 1.23. The van der Waals surface area contributed by atoms with Gasteiger partial charge in [-0.3, -0.25) is 4.79 Å². The molecule has 0 unspecified atom stereocenters. The predicted octanol–water partition coefficient (Wildman–Crippen LogP) is 1.17. The molecule has 0 saturated carbocycles. The maximum absolute atomic E-state index is 11.5. The van der Waals surface area contributed by atoms with Crippen molar-refractivity contribution in [1.82, 2.24) is 10.2 Å². The van der Waals surface area contributed by atoms with Crippen LogP contribution < -0.4 is 5.32 Å². The van der Waals surface area contributed by atoms with Gasteiger partial charge in [0.15, 0.2) is 0 Å². The Morgan fingerprint density at radius 2 is 2.27 bits per heavy atom. The zero-order valence-electron chi connectivity index (χ0n) is 9.29. The molecule has 0 aromatic heterocycles. The van der Waals surface area contributed by atoms with Crippen molar-refractivity contribution in [3.8, 4) is 0 Å². The summed E-state index contributed by atoms with van der Waals surface area (Å²) in [6.45, 7) is 1.69. The van der Waals surface area contributed by atoms with Gasteiger partial charge in [0.05, 0.1) is 0 Å². The highest BCUT2D eigenvalue weighted by Gasteiger charge is 2.02. The Kier molecular flexibility index (Phi) is 4.84. The molecule has 0 atom stereocenters. The van der Waals surface area contributed by atoms with Crippen LogP contribution in [0.25, 0.3) is 0 Å². The predicted molar refractivity (Wildman–Crippen MR) is 60.8 cm³/mol. The molecule has 0 aliphatic rings. The minimum Gasteiger partial charge on any atom is -0.352 e. The highest BCUT2D eigenvalue weighted by atomic mass is 16.1. The van der Waals surface area contributed by atoms with Gasteiger partial charge in [0.1, 0.15) is 0 Å². The third-order valence-corrected chi connectivity index (χ3v) is 2.02. The number of carbonyl (C=O) groups excluding carboxylic acids is 1. The molecule has 0 saturated heterocycles. The van der Waals surface area contributed by atoms with Gasteiger partial charge in [0.2, 0.25) is 0 Å². The molecule has 0 fully saturated rings. The van der Waals surface area contributed by atoms with Crippen molar-refractivity contribution in [2.24, 2.45) is 0 Å². The standard InChI is InChI=1S/C12H17N2O/c1-14(2)10-6-9-13-12(15)11-7-4-3-5-8-11/h3-5,7H,6,9-10H2,1-2H3,(H,13,15).